The van der Waals surface area contributed by atoms with Crippen LogP contribution in [0.15, 0.2) is 42.5 Å². The van der Waals surface area contributed by atoms with E-state index in [1.807, 2.05) is 24.3 Å². The summed E-state index contributed by atoms with van der Waals surface area (Å²) in [5, 5.41) is 3.09. The molecule has 0 atom stereocenters. The molecule has 23 heavy (non-hydrogen) atoms. The van der Waals surface area contributed by atoms with E-state index in [1.54, 1.807) is 11.3 Å². The molecule has 118 valence electrons. The molecular formula is C18H15ClFNOS. The van der Waals surface area contributed by atoms with Crippen LogP contribution in [0.25, 0.3) is 21.2 Å². The summed E-state index contributed by atoms with van der Waals surface area (Å²) in [4.78, 5) is 2.33. The van der Waals surface area contributed by atoms with Crippen LogP contribution in [0.4, 0.5) is 9.39 Å². The lowest BCUT2D eigenvalue weighted by molar-refractivity contribution is 0.123. The highest BCUT2D eigenvalue weighted by atomic mass is 35.5. The molecule has 0 radical (unpaired) electrons. The lowest BCUT2D eigenvalue weighted by atomic mass is 10.0. The molecule has 2 heterocycles. The highest BCUT2D eigenvalue weighted by Crippen LogP contribution is 2.42. The first-order valence-corrected chi connectivity index (χ1v) is 8.72. The van der Waals surface area contributed by atoms with Crippen molar-refractivity contribution in [3.05, 3.63) is 53.3 Å². The lowest BCUT2D eigenvalue weighted by Gasteiger charge is -2.27. The summed E-state index contributed by atoms with van der Waals surface area (Å²) in [5.74, 6) is -0.224. The van der Waals surface area contributed by atoms with Crippen LogP contribution in [0, 0.1) is 5.82 Å². The molecular weight excluding hydrogens is 333 g/mol. The average molecular weight is 348 g/mol. The summed E-state index contributed by atoms with van der Waals surface area (Å²) in [6.07, 6.45) is 0. The Balaban J connectivity index is 1.83. The third kappa shape index (κ3) is 2.82. The molecule has 1 saturated heterocycles. The lowest BCUT2D eigenvalue weighted by Crippen LogP contribution is -2.35. The predicted molar refractivity (Wildman–Crippen MR) is 95.3 cm³/mol. The number of rotatable bonds is 2. The maximum atomic E-state index is 13.2. The summed E-state index contributed by atoms with van der Waals surface area (Å²) >= 11 is 8.11. The maximum absolute atomic E-state index is 13.2. The normalized spacial score (nSPS) is 15.3. The van der Waals surface area contributed by atoms with E-state index in [4.69, 9.17) is 16.3 Å². The molecule has 1 fully saturated rings. The molecule has 0 aliphatic carbocycles. The highest BCUT2D eigenvalue weighted by molar-refractivity contribution is 7.23. The van der Waals surface area contributed by atoms with Gasteiger partial charge in [-0.25, -0.2) is 4.39 Å². The molecule has 1 aliphatic heterocycles. The maximum Gasteiger partial charge on any atom is 0.123 e. The molecule has 4 rings (SSSR count). The van der Waals surface area contributed by atoms with E-state index in [9.17, 15) is 4.39 Å². The molecule has 3 aromatic rings. The Kier molecular flexibility index (Phi) is 3.97. The Hall–Kier alpha value is -1.62. The molecule has 1 aromatic heterocycles. The fourth-order valence-electron chi connectivity index (χ4n) is 2.90. The van der Waals surface area contributed by atoms with Gasteiger partial charge in [-0.3, -0.25) is 0 Å². The van der Waals surface area contributed by atoms with Crippen molar-refractivity contribution in [2.45, 2.75) is 0 Å². The molecule has 0 unspecified atom stereocenters. The zero-order valence-corrected chi connectivity index (χ0v) is 14.0. The van der Waals surface area contributed by atoms with Crippen LogP contribution in [-0.4, -0.2) is 26.3 Å². The van der Waals surface area contributed by atoms with Crippen LogP contribution in [0.3, 0.4) is 0 Å². The van der Waals surface area contributed by atoms with Crippen molar-refractivity contribution in [2.75, 3.05) is 31.2 Å². The largest absolute Gasteiger partial charge is 0.378 e. The van der Waals surface area contributed by atoms with Gasteiger partial charge in [-0.15, -0.1) is 11.3 Å². The number of anilines is 1. The van der Waals surface area contributed by atoms with E-state index in [2.05, 4.69) is 11.0 Å². The first-order chi connectivity index (χ1) is 11.2. The Morgan fingerprint density at radius 2 is 1.78 bits per heavy atom. The number of benzene rings is 2. The average Bonchev–Trinajstić information content (AvgIpc) is 3.03. The predicted octanol–water partition coefficient (Wildman–Crippen LogP) is 5.20. The number of morpholine rings is 1. The van der Waals surface area contributed by atoms with E-state index in [1.165, 1.54) is 17.1 Å². The SMILES string of the molecule is Fc1ccc(-c2ccc(Cl)c3sc(N4CCOCC4)cc23)cc1. The van der Waals surface area contributed by atoms with Crippen LogP contribution in [-0.2, 0) is 4.74 Å². The number of halogens is 2. The first-order valence-electron chi connectivity index (χ1n) is 7.53. The zero-order chi connectivity index (χ0) is 15.8. The van der Waals surface area contributed by atoms with Gasteiger partial charge >= 0.3 is 0 Å². The van der Waals surface area contributed by atoms with Crippen molar-refractivity contribution < 1.29 is 9.13 Å². The van der Waals surface area contributed by atoms with Gasteiger partial charge in [0, 0.05) is 18.5 Å². The minimum Gasteiger partial charge on any atom is -0.378 e. The molecule has 0 bridgehead atoms. The van der Waals surface area contributed by atoms with E-state index >= 15 is 0 Å². The smallest absolute Gasteiger partial charge is 0.123 e. The summed E-state index contributed by atoms with van der Waals surface area (Å²) in [6.45, 7) is 3.31. The van der Waals surface area contributed by atoms with E-state index in [0.29, 0.717) is 0 Å². The van der Waals surface area contributed by atoms with E-state index < -0.39 is 0 Å². The Morgan fingerprint density at radius 1 is 1.04 bits per heavy atom. The van der Waals surface area contributed by atoms with Crippen LogP contribution < -0.4 is 4.90 Å². The van der Waals surface area contributed by atoms with Crippen LogP contribution in [0.5, 0.6) is 0 Å². The number of hydrogen-bond acceptors (Lipinski definition) is 3. The minimum absolute atomic E-state index is 0.224. The van der Waals surface area contributed by atoms with Gasteiger partial charge in [-0.1, -0.05) is 29.8 Å². The summed E-state index contributed by atoms with van der Waals surface area (Å²) in [5.41, 5.74) is 2.08. The van der Waals surface area contributed by atoms with Crippen LogP contribution in [0.2, 0.25) is 5.02 Å². The molecule has 2 aromatic carbocycles. The van der Waals surface area contributed by atoms with Crippen LogP contribution in [0.1, 0.15) is 0 Å². The van der Waals surface area contributed by atoms with Gasteiger partial charge in [0.1, 0.15) is 5.82 Å². The Bertz CT molecular complexity index is 840. The van der Waals surface area contributed by atoms with Gasteiger partial charge in [0.15, 0.2) is 0 Å². The van der Waals surface area contributed by atoms with Crippen molar-refractivity contribution >= 4 is 38.0 Å². The fourth-order valence-corrected chi connectivity index (χ4v) is 4.32. The molecule has 0 spiro atoms. The van der Waals surface area contributed by atoms with Crippen molar-refractivity contribution in [2.24, 2.45) is 0 Å². The number of hydrogen-bond donors (Lipinski definition) is 0. The highest BCUT2D eigenvalue weighted by Gasteiger charge is 2.17. The van der Waals surface area contributed by atoms with Gasteiger partial charge < -0.3 is 9.64 Å². The number of fused-ring (bicyclic) bond motifs is 1. The molecule has 5 heteroatoms. The second-order valence-electron chi connectivity index (χ2n) is 5.53. The number of thiophene rings is 1. The van der Waals surface area contributed by atoms with Gasteiger partial charge in [-0.2, -0.15) is 0 Å². The van der Waals surface area contributed by atoms with Crippen molar-refractivity contribution in [1.82, 2.24) is 0 Å². The van der Waals surface area contributed by atoms with Crippen molar-refractivity contribution in [1.29, 1.82) is 0 Å². The fraction of sp³-hybridized carbons (Fsp3) is 0.222. The van der Waals surface area contributed by atoms with E-state index in [0.717, 1.165) is 52.5 Å². The first kappa shape index (κ1) is 14.9. The van der Waals surface area contributed by atoms with Gasteiger partial charge in [-0.05, 0) is 35.4 Å². The van der Waals surface area contributed by atoms with Crippen molar-refractivity contribution in [3.63, 3.8) is 0 Å². The van der Waals surface area contributed by atoms with E-state index in [-0.39, 0.29) is 5.82 Å². The number of nitrogens with zero attached hydrogens (tertiary/aromatic N) is 1. The standard InChI is InChI=1S/C18H15ClFNOS/c19-16-6-5-14(12-1-3-13(20)4-2-12)15-11-17(23-18(15)16)21-7-9-22-10-8-21/h1-6,11H,7-10H2. The summed E-state index contributed by atoms with van der Waals surface area (Å²) < 4.78 is 19.7. The summed E-state index contributed by atoms with van der Waals surface area (Å²) in [6, 6.07) is 12.7. The second kappa shape index (κ2) is 6.11. The van der Waals surface area contributed by atoms with Gasteiger partial charge in [0.2, 0.25) is 0 Å². The Morgan fingerprint density at radius 3 is 2.52 bits per heavy atom. The third-order valence-electron chi connectivity index (χ3n) is 4.10. The summed E-state index contributed by atoms with van der Waals surface area (Å²) in [7, 11) is 0. The number of ether oxygens (including phenoxy) is 1. The molecule has 0 saturated carbocycles. The monoisotopic (exact) mass is 347 g/mol. The molecule has 1 aliphatic rings. The molecule has 2 nitrogen and oxygen atoms in total. The third-order valence-corrected chi connectivity index (χ3v) is 5.76. The van der Waals surface area contributed by atoms with Gasteiger partial charge in [0.25, 0.3) is 0 Å². The van der Waals surface area contributed by atoms with Crippen molar-refractivity contribution in [3.8, 4) is 11.1 Å². The van der Waals surface area contributed by atoms with Gasteiger partial charge in [0.05, 0.1) is 27.9 Å². The topological polar surface area (TPSA) is 12.5 Å². The Labute approximate surface area is 143 Å². The minimum atomic E-state index is -0.224. The zero-order valence-electron chi connectivity index (χ0n) is 12.4. The quantitative estimate of drug-likeness (QED) is 0.632. The van der Waals surface area contributed by atoms with Crippen LogP contribution >= 0.6 is 22.9 Å². The molecule has 0 N–H and O–H groups in total. The second-order valence-corrected chi connectivity index (χ2v) is 6.97. The molecule has 0 amide bonds.